The Morgan fingerprint density at radius 1 is 1.25 bits per heavy atom. The van der Waals surface area contributed by atoms with Crippen molar-refractivity contribution in [2.75, 3.05) is 13.7 Å². The maximum absolute atomic E-state index is 9.38. The van der Waals surface area contributed by atoms with Crippen LogP contribution in [-0.4, -0.2) is 54.5 Å². The lowest BCUT2D eigenvalue weighted by Crippen LogP contribution is -2.50. The molecule has 1 N–H and O–H groups in total. The van der Waals surface area contributed by atoms with E-state index in [1.807, 2.05) is 35.3 Å². The van der Waals surface area contributed by atoms with Crippen molar-refractivity contribution < 1.29 is 9.84 Å². The van der Waals surface area contributed by atoms with Crippen molar-refractivity contribution in [3.63, 3.8) is 0 Å². The highest BCUT2D eigenvalue weighted by molar-refractivity contribution is 5.94. The quantitative estimate of drug-likeness (QED) is 0.480. The van der Waals surface area contributed by atoms with Gasteiger partial charge in [-0.15, -0.1) is 0 Å². The number of nitrogens with zero attached hydrogens (tertiary/aromatic N) is 7. The van der Waals surface area contributed by atoms with Gasteiger partial charge in [-0.2, -0.15) is 15.5 Å². The molecule has 0 spiro atoms. The molecule has 162 valence electrons. The second kappa shape index (κ2) is 8.15. The first-order valence-electron chi connectivity index (χ1n) is 10.5. The molecule has 4 heterocycles. The van der Waals surface area contributed by atoms with Gasteiger partial charge in [0.15, 0.2) is 0 Å². The molecule has 0 unspecified atom stereocenters. The van der Waals surface area contributed by atoms with E-state index in [2.05, 4.69) is 21.3 Å². The van der Waals surface area contributed by atoms with Crippen molar-refractivity contribution in [3.8, 4) is 28.6 Å². The van der Waals surface area contributed by atoms with Crippen LogP contribution in [0.2, 0.25) is 0 Å². The number of methoxy groups -OCH3 is 1. The molecule has 0 amide bonds. The lowest BCUT2D eigenvalue weighted by molar-refractivity contribution is -0.0542. The Bertz CT molecular complexity index is 1300. The summed E-state index contributed by atoms with van der Waals surface area (Å²) in [6.45, 7) is 0.446. The van der Waals surface area contributed by atoms with Gasteiger partial charge in [-0.1, -0.05) is 0 Å². The molecule has 0 aliphatic heterocycles. The number of hydrogen-bond acceptors (Lipinski definition) is 7. The molecule has 32 heavy (non-hydrogen) atoms. The van der Waals surface area contributed by atoms with Gasteiger partial charge >= 0.3 is 0 Å². The number of nitriles is 1. The van der Waals surface area contributed by atoms with Crippen LogP contribution in [0.1, 0.15) is 19.3 Å². The second-order valence-electron chi connectivity index (χ2n) is 8.14. The van der Waals surface area contributed by atoms with Crippen molar-refractivity contribution in [1.82, 2.24) is 29.5 Å². The molecule has 1 aliphatic carbocycles. The molecule has 1 fully saturated rings. The van der Waals surface area contributed by atoms with Gasteiger partial charge in [0.2, 0.25) is 0 Å². The Morgan fingerprint density at radius 3 is 2.88 bits per heavy atom. The molecule has 0 radical (unpaired) electrons. The average Bonchev–Trinajstić information content (AvgIpc) is 3.46. The number of aromatic nitrogens is 6. The summed E-state index contributed by atoms with van der Waals surface area (Å²) >= 11 is 0. The molecule has 4 aromatic heterocycles. The van der Waals surface area contributed by atoms with Gasteiger partial charge in [0, 0.05) is 42.2 Å². The van der Waals surface area contributed by atoms with Crippen LogP contribution < -0.4 is 0 Å². The van der Waals surface area contributed by atoms with Crippen LogP contribution in [0.3, 0.4) is 0 Å². The lowest BCUT2D eigenvalue weighted by Gasteiger charge is -2.45. The van der Waals surface area contributed by atoms with Gasteiger partial charge in [0.25, 0.3) is 0 Å². The molecule has 5 rings (SSSR count). The average molecular weight is 429 g/mol. The van der Waals surface area contributed by atoms with Crippen molar-refractivity contribution in [3.05, 3.63) is 49.2 Å². The van der Waals surface area contributed by atoms with Gasteiger partial charge in [0.1, 0.15) is 0 Å². The fraction of sp³-hybridized carbons (Fsp3) is 0.348. The van der Waals surface area contributed by atoms with Crippen molar-refractivity contribution in [2.24, 2.45) is 0 Å². The SMILES string of the molecule is CO[C@H]1C[C@@](CC#N)(n2cc(-c3nc(-c4cnn(CCO)c4)cc4ncccc34)cn2)C1. The Kier molecular flexibility index (Phi) is 5.17. The van der Waals surface area contributed by atoms with Crippen molar-refractivity contribution >= 4 is 10.9 Å². The van der Waals surface area contributed by atoms with Crippen LogP contribution in [0.25, 0.3) is 33.4 Å². The van der Waals surface area contributed by atoms with Crippen LogP contribution >= 0.6 is 0 Å². The van der Waals surface area contributed by atoms with E-state index < -0.39 is 0 Å². The summed E-state index contributed by atoms with van der Waals surface area (Å²) in [6, 6.07) is 8.14. The zero-order chi connectivity index (χ0) is 22.1. The highest BCUT2D eigenvalue weighted by atomic mass is 16.5. The first-order valence-corrected chi connectivity index (χ1v) is 10.5. The molecule has 0 atom stereocenters. The first-order chi connectivity index (χ1) is 15.7. The normalized spacial score (nSPS) is 20.2. The highest BCUT2D eigenvalue weighted by Crippen LogP contribution is 2.44. The van der Waals surface area contributed by atoms with Gasteiger partial charge < -0.3 is 9.84 Å². The zero-order valence-electron chi connectivity index (χ0n) is 17.7. The molecule has 9 heteroatoms. The summed E-state index contributed by atoms with van der Waals surface area (Å²) in [6.07, 6.45) is 11.2. The Hall–Kier alpha value is -3.61. The van der Waals surface area contributed by atoms with E-state index in [1.165, 1.54) is 0 Å². The minimum absolute atomic E-state index is 0.0205. The third kappa shape index (κ3) is 3.43. The van der Waals surface area contributed by atoms with Gasteiger partial charge in [-0.05, 0) is 31.0 Å². The molecular weight excluding hydrogens is 406 g/mol. The van der Waals surface area contributed by atoms with E-state index in [1.54, 1.807) is 30.4 Å². The van der Waals surface area contributed by atoms with Crippen LogP contribution in [-0.2, 0) is 16.8 Å². The second-order valence-corrected chi connectivity index (χ2v) is 8.14. The molecule has 1 saturated carbocycles. The third-order valence-corrected chi connectivity index (χ3v) is 6.16. The summed E-state index contributed by atoms with van der Waals surface area (Å²) in [5, 5.41) is 28.4. The predicted molar refractivity (Wildman–Crippen MR) is 117 cm³/mol. The summed E-state index contributed by atoms with van der Waals surface area (Å²) in [5.41, 5.74) is 3.72. The van der Waals surface area contributed by atoms with E-state index >= 15 is 0 Å². The van der Waals surface area contributed by atoms with E-state index in [9.17, 15) is 10.4 Å². The number of aliphatic hydroxyl groups is 1. The number of ether oxygens (including phenoxy) is 1. The van der Waals surface area contributed by atoms with E-state index in [-0.39, 0.29) is 18.2 Å². The van der Waals surface area contributed by atoms with Crippen LogP contribution in [0.4, 0.5) is 0 Å². The van der Waals surface area contributed by atoms with Crippen LogP contribution in [0.5, 0.6) is 0 Å². The zero-order valence-corrected chi connectivity index (χ0v) is 17.7. The topological polar surface area (TPSA) is 115 Å². The number of pyridine rings is 2. The minimum atomic E-state index is -0.342. The Morgan fingerprint density at radius 2 is 2.09 bits per heavy atom. The maximum atomic E-state index is 9.38. The van der Waals surface area contributed by atoms with E-state index in [0.717, 1.165) is 46.3 Å². The molecule has 4 aromatic rings. The molecular formula is C23H23N7O2. The van der Waals surface area contributed by atoms with Crippen molar-refractivity contribution in [1.29, 1.82) is 5.26 Å². The maximum Gasteiger partial charge on any atom is 0.0835 e. The van der Waals surface area contributed by atoms with E-state index in [4.69, 9.17) is 9.72 Å². The fourth-order valence-corrected chi connectivity index (χ4v) is 4.38. The van der Waals surface area contributed by atoms with Crippen LogP contribution in [0, 0.1) is 11.3 Å². The fourth-order valence-electron chi connectivity index (χ4n) is 4.38. The number of hydrogen-bond donors (Lipinski definition) is 1. The molecule has 0 saturated heterocycles. The van der Waals surface area contributed by atoms with Gasteiger partial charge in [-0.25, -0.2) is 4.98 Å². The van der Waals surface area contributed by atoms with Crippen LogP contribution in [0.15, 0.2) is 49.2 Å². The molecule has 1 aliphatic rings. The van der Waals surface area contributed by atoms with E-state index in [0.29, 0.717) is 13.0 Å². The molecule has 0 bridgehead atoms. The molecule has 0 aromatic carbocycles. The summed E-state index contributed by atoms with van der Waals surface area (Å²) in [4.78, 5) is 9.47. The smallest absolute Gasteiger partial charge is 0.0835 e. The largest absolute Gasteiger partial charge is 0.394 e. The summed E-state index contributed by atoms with van der Waals surface area (Å²) < 4.78 is 9.03. The Balaban J connectivity index is 1.58. The third-order valence-electron chi connectivity index (χ3n) is 6.16. The number of rotatable bonds is 7. The number of fused-ring (bicyclic) bond motifs is 1. The minimum Gasteiger partial charge on any atom is -0.394 e. The summed E-state index contributed by atoms with van der Waals surface area (Å²) in [5.74, 6) is 0. The van der Waals surface area contributed by atoms with Gasteiger partial charge in [0.05, 0.1) is 66.6 Å². The number of aliphatic hydroxyl groups excluding tert-OH is 1. The Labute approximate surface area is 184 Å². The molecule has 9 nitrogen and oxygen atoms in total. The van der Waals surface area contributed by atoms with Crippen molar-refractivity contribution in [2.45, 2.75) is 37.5 Å². The standard InChI is InChI=1S/C23H23N7O2/c1-32-18-10-23(11-18,4-5-24)30-15-17(13-27-30)22-19-3-2-6-25-21(19)9-20(28-22)16-12-26-29(14-16)7-8-31/h2-3,6,9,12-15,18,31H,4,7-8,10-11H2,1H3/t18-,23+. The highest BCUT2D eigenvalue weighted by Gasteiger charge is 2.47. The van der Waals surface area contributed by atoms with Gasteiger partial charge in [-0.3, -0.25) is 14.3 Å². The first kappa shape index (κ1) is 20.3. The predicted octanol–water partition coefficient (Wildman–Crippen LogP) is 2.77. The summed E-state index contributed by atoms with van der Waals surface area (Å²) in [7, 11) is 1.70. The lowest BCUT2D eigenvalue weighted by atomic mass is 9.72. The monoisotopic (exact) mass is 429 g/mol.